The molecule has 2 saturated carbocycles. The Bertz CT molecular complexity index is 1490. The van der Waals surface area contributed by atoms with Gasteiger partial charge in [0.2, 0.25) is 5.91 Å². The lowest BCUT2D eigenvalue weighted by molar-refractivity contribution is -0.117. The number of anilines is 2. The molecule has 0 spiro atoms. The molecule has 3 heterocycles. The van der Waals surface area contributed by atoms with Crippen LogP contribution in [0.25, 0.3) is 5.65 Å². The van der Waals surface area contributed by atoms with E-state index in [2.05, 4.69) is 54.4 Å². The second kappa shape index (κ2) is 8.67. The number of amides is 1. The number of nitrogens with zero attached hydrogens (tertiary/aromatic N) is 5. The molecule has 2 aliphatic carbocycles. The topological polar surface area (TPSA) is 108 Å². The Labute approximate surface area is 207 Å². The third kappa shape index (κ3) is 4.55. The fraction of sp³-hybridized carbons (Fsp3) is 0.269. The Hall–Kier alpha value is -3.96. The molecule has 1 amide bonds. The number of nitrogens with one attached hydrogen (secondary N) is 2. The van der Waals surface area contributed by atoms with Gasteiger partial charge in [-0.2, -0.15) is 5.26 Å². The van der Waals surface area contributed by atoms with E-state index in [4.69, 9.17) is 11.6 Å². The predicted molar refractivity (Wildman–Crippen MR) is 132 cm³/mol. The van der Waals surface area contributed by atoms with Crippen LogP contribution in [0.15, 0.2) is 55.1 Å². The minimum Gasteiger partial charge on any atom is -0.364 e. The summed E-state index contributed by atoms with van der Waals surface area (Å²) in [7, 11) is 0. The van der Waals surface area contributed by atoms with E-state index >= 15 is 0 Å². The van der Waals surface area contributed by atoms with E-state index in [1.165, 1.54) is 24.7 Å². The van der Waals surface area contributed by atoms with E-state index in [1.807, 2.05) is 6.20 Å². The summed E-state index contributed by atoms with van der Waals surface area (Å²) in [6.07, 6.45) is 8.81. The summed E-state index contributed by atoms with van der Waals surface area (Å²) in [5.41, 5.74) is 4.56. The smallest absolute Gasteiger partial charge is 0.229 e. The number of benzene rings is 1. The zero-order valence-corrected chi connectivity index (χ0v) is 19.5. The van der Waals surface area contributed by atoms with Gasteiger partial charge in [-0.15, -0.1) is 0 Å². The molecule has 3 aromatic heterocycles. The SMILES string of the molecule is N#Cc1ccc(Cl)cc1C1CC1C(=O)Nc1cc(NCc2cn3cc(C4CC4)ccc3n2)ncn1. The Morgan fingerprint density at radius 1 is 1.14 bits per heavy atom. The molecule has 2 N–H and O–H groups in total. The molecule has 6 rings (SSSR count). The first-order valence-electron chi connectivity index (χ1n) is 11.6. The van der Waals surface area contributed by atoms with Crippen LogP contribution >= 0.6 is 11.6 Å². The van der Waals surface area contributed by atoms with E-state index in [0.717, 1.165) is 16.9 Å². The third-order valence-electron chi connectivity index (χ3n) is 6.60. The first-order valence-corrected chi connectivity index (χ1v) is 12.0. The molecule has 9 heteroatoms. The summed E-state index contributed by atoms with van der Waals surface area (Å²) in [4.78, 5) is 25.9. The fourth-order valence-corrected chi connectivity index (χ4v) is 4.68. The first kappa shape index (κ1) is 21.6. The molecule has 0 radical (unpaired) electrons. The average molecular weight is 484 g/mol. The van der Waals surface area contributed by atoms with Gasteiger partial charge in [-0.25, -0.2) is 15.0 Å². The molecule has 0 saturated heterocycles. The lowest BCUT2D eigenvalue weighted by Gasteiger charge is -2.08. The quantitative estimate of drug-likeness (QED) is 0.388. The molecule has 4 aromatic rings. The monoisotopic (exact) mass is 483 g/mol. The predicted octanol–water partition coefficient (Wildman–Crippen LogP) is 4.88. The van der Waals surface area contributed by atoms with E-state index < -0.39 is 0 Å². The van der Waals surface area contributed by atoms with Gasteiger partial charge >= 0.3 is 0 Å². The Balaban J connectivity index is 1.09. The van der Waals surface area contributed by atoms with E-state index in [1.54, 1.807) is 24.3 Å². The van der Waals surface area contributed by atoms with Crippen molar-refractivity contribution < 1.29 is 4.79 Å². The number of hydrogen-bond donors (Lipinski definition) is 2. The van der Waals surface area contributed by atoms with Crippen molar-refractivity contribution in [1.82, 2.24) is 19.4 Å². The van der Waals surface area contributed by atoms with E-state index in [9.17, 15) is 10.1 Å². The summed E-state index contributed by atoms with van der Waals surface area (Å²) >= 11 is 6.10. The zero-order valence-electron chi connectivity index (χ0n) is 18.8. The lowest BCUT2D eigenvalue weighted by atomic mass is 10.0. The van der Waals surface area contributed by atoms with Crippen molar-refractivity contribution in [1.29, 1.82) is 5.26 Å². The standard InChI is InChI=1S/C26H22ClN7O/c27-18-5-3-16(10-28)20(7-18)21-8-22(21)26(35)33-24-9-23(30-14-31-24)29-11-19-13-34-12-17(15-1-2-15)4-6-25(34)32-19/h3-7,9,12-15,21-22H,1-2,8,11H2,(H2,29,30,31,33,35). The van der Waals surface area contributed by atoms with Crippen LogP contribution in [0.2, 0.25) is 5.02 Å². The van der Waals surface area contributed by atoms with Crippen molar-refractivity contribution in [2.24, 2.45) is 5.92 Å². The van der Waals surface area contributed by atoms with Crippen LogP contribution < -0.4 is 10.6 Å². The first-order chi connectivity index (χ1) is 17.1. The molecule has 2 aliphatic rings. The molecule has 1 aromatic carbocycles. The number of fused-ring (bicyclic) bond motifs is 1. The maximum absolute atomic E-state index is 12.8. The van der Waals surface area contributed by atoms with Crippen LogP contribution in [0.1, 0.15) is 53.5 Å². The van der Waals surface area contributed by atoms with Gasteiger partial charge in [-0.05, 0) is 66.5 Å². The number of carbonyl (C=O) groups is 1. The summed E-state index contributed by atoms with van der Waals surface area (Å²) in [5.74, 6) is 1.36. The third-order valence-corrected chi connectivity index (χ3v) is 6.84. The van der Waals surface area contributed by atoms with Gasteiger partial charge < -0.3 is 15.0 Å². The van der Waals surface area contributed by atoms with Crippen molar-refractivity contribution >= 4 is 34.8 Å². The number of halogens is 1. The Morgan fingerprint density at radius 3 is 2.83 bits per heavy atom. The van der Waals surface area contributed by atoms with Crippen molar-refractivity contribution in [3.05, 3.63) is 82.5 Å². The van der Waals surface area contributed by atoms with Crippen LogP contribution in [0, 0.1) is 17.2 Å². The van der Waals surface area contributed by atoms with Gasteiger partial charge in [0, 0.05) is 29.4 Å². The van der Waals surface area contributed by atoms with Crippen molar-refractivity contribution in [2.45, 2.75) is 37.6 Å². The van der Waals surface area contributed by atoms with Crippen molar-refractivity contribution in [3.8, 4) is 6.07 Å². The second-order valence-corrected chi connectivity index (χ2v) is 9.59. The Morgan fingerprint density at radius 2 is 2.00 bits per heavy atom. The molecule has 0 bridgehead atoms. The lowest BCUT2D eigenvalue weighted by Crippen LogP contribution is -2.16. The molecule has 8 nitrogen and oxygen atoms in total. The number of aromatic nitrogens is 4. The van der Waals surface area contributed by atoms with E-state index in [0.29, 0.717) is 41.1 Å². The number of carbonyl (C=O) groups excluding carboxylic acids is 1. The number of imidazole rings is 1. The van der Waals surface area contributed by atoms with Crippen LogP contribution in [0.5, 0.6) is 0 Å². The van der Waals surface area contributed by atoms with Gasteiger partial charge in [0.05, 0.1) is 23.9 Å². The minimum absolute atomic E-state index is 0.0155. The summed E-state index contributed by atoms with van der Waals surface area (Å²) in [6, 6.07) is 13.3. The number of pyridine rings is 1. The highest BCUT2D eigenvalue weighted by Gasteiger charge is 2.45. The van der Waals surface area contributed by atoms with Gasteiger partial charge in [-0.3, -0.25) is 4.79 Å². The highest BCUT2D eigenvalue weighted by Crippen LogP contribution is 2.49. The maximum Gasteiger partial charge on any atom is 0.229 e. The number of rotatable bonds is 7. The molecule has 2 fully saturated rings. The van der Waals surface area contributed by atoms with Crippen LogP contribution in [0.3, 0.4) is 0 Å². The highest BCUT2D eigenvalue weighted by molar-refractivity contribution is 6.30. The van der Waals surface area contributed by atoms with Crippen molar-refractivity contribution in [3.63, 3.8) is 0 Å². The molecular formula is C26H22ClN7O. The van der Waals surface area contributed by atoms with Crippen LogP contribution in [-0.2, 0) is 11.3 Å². The van der Waals surface area contributed by atoms with Gasteiger partial charge in [0.1, 0.15) is 23.6 Å². The van der Waals surface area contributed by atoms with Crippen LogP contribution in [0.4, 0.5) is 11.6 Å². The van der Waals surface area contributed by atoms with Crippen LogP contribution in [-0.4, -0.2) is 25.3 Å². The largest absolute Gasteiger partial charge is 0.364 e. The fourth-order valence-electron chi connectivity index (χ4n) is 4.50. The summed E-state index contributed by atoms with van der Waals surface area (Å²) in [6.45, 7) is 0.501. The minimum atomic E-state index is -0.217. The van der Waals surface area contributed by atoms with Gasteiger partial charge in [0.25, 0.3) is 0 Å². The Kier molecular flexibility index (Phi) is 5.34. The molecule has 0 aliphatic heterocycles. The van der Waals surface area contributed by atoms with Crippen molar-refractivity contribution in [2.75, 3.05) is 10.6 Å². The number of hydrogen-bond acceptors (Lipinski definition) is 6. The molecule has 2 unspecified atom stereocenters. The maximum atomic E-state index is 12.8. The number of nitriles is 1. The molecule has 2 atom stereocenters. The van der Waals surface area contributed by atoms with Gasteiger partial charge in [0.15, 0.2) is 0 Å². The molecule has 35 heavy (non-hydrogen) atoms. The second-order valence-electron chi connectivity index (χ2n) is 9.16. The molecule has 174 valence electrons. The summed E-state index contributed by atoms with van der Waals surface area (Å²) < 4.78 is 2.07. The highest BCUT2D eigenvalue weighted by atomic mass is 35.5. The average Bonchev–Trinajstić information content (AvgIpc) is 3.79. The van der Waals surface area contributed by atoms with Gasteiger partial charge in [-0.1, -0.05) is 17.7 Å². The summed E-state index contributed by atoms with van der Waals surface area (Å²) in [5, 5.41) is 16.1. The zero-order chi connectivity index (χ0) is 23.9. The molecular weight excluding hydrogens is 462 g/mol. The normalized spacial score (nSPS) is 18.7. The van der Waals surface area contributed by atoms with E-state index in [-0.39, 0.29) is 17.7 Å².